The van der Waals surface area contributed by atoms with E-state index in [2.05, 4.69) is 10.6 Å². The molecule has 0 radical (unpaired) electrons. The number of hydrogen-bond donors (Lipinski definition) is 2. The van der Waals surface area contributed by atoms with E-state index >= 15 is 0 Å². The Hall–Kier alpha value is -0.610. The van der Waals surface area contributed by atoms with Crippen LogP contribution in [0.1, 0.15) is 19.8 Å². The summed E-state index contributed by atoms with van der Waals surface area (Å²) in [5.41, 5.74) is 0. The maximum atomic E-state index is 11.1. The van der Waals surface area contributed by atoms with Gasteiger partial charge in [0.05, 0.1) is 0 Å². The third-order valence-electron chi connectivity index (χ3n) is 2.67. The molecule has 4 nitrogen and oxygen atoms in total. The van der Waals surface area contributed by atoms with Crippen LogP contribution in [0.15, 0.2) is 0 Å². The van der Waals surface area contributed by atoms with Crippen LogP contribution >= 0.6 is 0 Å². The fourth-order valence-corrected chi connectivity index (χ4v) is 1.65. The quantitative estimate of drug-likeness (QED) is 0.663. The number of nitrogens with one attached hydrogen (secondary N) is 2. The topological polar surface area (TPSA) is 50.4 Å². The largest absolute Gasteiger partial charge is 0.369 e. The normalized spacial score (nSPS) is 23.4. The summed E-state index contributed by atoms with van der Waals surface area (Å²) in [4.78, 5) is 11.1. The van der Waals surface area contributed by atoms with Crippen molar-refractivity contribution < 1.29 is 9.53 Å². The second kappa shape index (κ2) is 5.98. The van der Waals surface area contributed by atoms with Crippen LogP contribution in [0.3, 0.4) is 0 Å². The maximum Gasteiger partial charge on any atom is 0.248 e. The lowest BCUT2D eigenvalue weighted by Gasteiger charge is -2.13. The molecule has 14 heavy (non-hydrogen) atoms. The molecule has 0 bridgehead atoms. The molecule has 0 aromatic rings. The van der Waals surface area contributed by atoms with Crippen LogP contribution in [0, 0.1) is 5.92 Å². The lowest BCUT2D eigenvalue weighted by Crippen LogP contribution is -2.32. The molecule has 2 unspecified atom stereocenters. The third-order valence-corrected chi connectivity index (χ3v) is 2.67. The summed E-state index contributed by atoms with van der Waals surface area (Å²) in [5, 5.41) is 5.88. The van der Waals surface area contributed by atoms with E-state index in [1.807, 2.05) is 0 Å². The number of carbonyl (C=O) groups excluding carboxylic acids is 1. The lowest BCUT2D eigenvalue weighted by atomic mass is 10.1. The van der Waals surface area contributed by atoms with Gasteiger partial charge in [0.15, 0.2) is 0 Å². The number of rotatable bonds is 5. The standard InChI is InChI=1S/C10H20N2O2/c1-8(10(13)11-2)14-6-4-9-3-5-12-7-9/h8-9,12H,3-7H2,1-2H3,(H,11,13). The summed E-state index contributed by atoms with van der Waals surface area (Å²) in [5.74, 6) is 0.682. The summed E-state index contributed by atoms with van der Waals surface area (Å²) < 4.78 is 5.42. The van der Waals surface area contributed by atoms with Gasteiger partial charge in [-0.05, 0) is 38.8 Å². The van der Waals surface area contributed by atoms with Gasteiger partial charge in [0.1, 0.15) is 6.10 Å². The average molecular weight is 200 g/mol. The van der Waals surface area contributed by atoms with Crippen molar-refractivity contribution >= 4 is 5.91 Å². The van der Waals surface area contributed by atoms with E-state index in [4.69, 9.17) is 4.74 Å². The van der Waals surface area contributed by atoms with Gasteiger partial charge in [-0.25, -0.2) is 0 Å². The summed E-state index contributed by atoms with van der Waals surface area (Å²) in [6, 6.07) is 0. The molecule has 0 aromatic heterocycles. The molecule has 1 fully saturated rings. The van der Waals surface area contributed by atoms with E-state index in [0.717, 1.165) is 25.4 Å². The highest BCUT2D eigenvalue weighted by molar-refractivity contribution is 5.79. The minimum atomic E-state index is -0.325. The summed E-state index contributed by atoms with van der Waals surface area (Å²) >= 11 is 0. The molecule has 4 heteroatoms. The van der Waals surface area contributed by atoms with E-state index in [1.165, 1.54) is 6.42 Å². The van der Waals surface area contributed by atoms with Crippen LogP contribution in [0.4, 0.5) is 0 Å². The minimum absolute atomic E-state index is 0.0467. The molecule has 0 aromatic carbocycles. The van der Waals surface area contributed by atoms with Gasteiger partial charge in [-0.3, -0.25) is 4.79 Å². The second-order valence-electron chi connectivity index (χ2n) is 3.77. The molecule has 82 valence electrons. The first-order valence-electron chi connectivity index (χ1n) is 5.28. The highest BCUT2D eigenvalue weighted by Gasteiger charge is 2.16. The first kappa shape index (κ1) is 11.5. The van der Waals surface area contributed by atoms with Gasteiger partial charge < -0.3 is 15.4 Å². The van der Waals surface area contributed by atoms with E-state index in [9.17, 15) is 4.79 Å². The predicted octanol–water partition coefficient (Wildman–Crippen LogP) is 0.137. The molecular formula is C10H20N2O2. The van der Waals surface area contributed by atoms with E-state index in [1.54, 1.807) is 14.0 Å². The number of ether oxygens (including phenoxy) is 1. The van der Waals surface area contributed by atoms with Crippen molar-refractivity contribution in [3.05, 3.63) is 0 Å². The van der Waals surface area contributed by atoms with Crippen LogP contribution in [0.2, 0.25) is 0 Å². The minimum Gasteiger partial charge on any atom is -0.369 e. The molecule has 2 atom stereocenters. The highest BCUT2D eigenvalue weighted by atomic mass is 16.5. The van der Waals surface area contributed by atoms with Gasteiger partial charge in [-0.1, -0.05) is 0 Å². The number of hydrogen-bond acceptors (Lipinski definition) is 3. The van der Waals surface area contributed by atoms with E-state index in [-0.39, 0.29) is 12.0 Å². The van der Waals surface area contributed by atoms with E-state index in [0.29, 0.717) is 6.61 Å². The second-order valence-corrected chi connectivity index (χ2v) is 3.77. The molecule has 0 spiro atoms. The van der Waals surface area contributed by atoms with Crippen molar-refractivity contribution in [3.63, 3.8) is 0 Å². The van der Waals surface area contributed by atoms with E-state index < -0.39 is 0 Å². The zero-order valence-corrected chi connectivity index (χ0v) is 9.01. The van der Waals surface area contributed by atoms with Crippen molar-refractivity contribution in [3.8, 4) is 0 Å². The first-order valence-corrected chi connectivity index (χ1v) is 5.28. The average Bonchev–Trinajstić information content (AvgIpc) is 2.69. The van der Waals surface area contributed by atoms with Gasteiger partial charge in [-0.2, -0.15) is 0 Å². The molecule has 1 heterocycles. The van der Waals surface area contributed by atoms with Gasteiger partial charge in [0, 0.05) is 13.7 Å². The zero-order chi connectivity index (χ0) is 10.4. The van der Waals surface area contributed by atoms with Gasteiger partial charge in [0.25, 0.3) is 0 Å². The Morgan fingerprint density at radius 1 is 1.71 bits per heavy atom. The first-order chi connectivity index (χ1) is 6.74. The predicted molar refractivity (Wildman–Crippen MR) is 55.1 cm³/mol. The lowest BCUT2D eigenvalue weighted by molar-refractivity contribution is -0.131. The molecule has 0 aliphatic carbocycles. The molecule has 1 rings (SSSR count). The number of likely N-dealkylation sites (N-methyl/N-ethyl adjacent to an activating group) is 1. The SMILES string of the molecule is CNC(=O)C(C)OCCC1CCNC1. The smallest absolute Gasteiger partial charge is 0.248 e. The summed E-state index contributed by atoms with van der Waals surface area (Å²) in [6.07, 6.45) is 1.96. The Bertz CT molecular complexity index is 179. The van der Waals surface area contributed by atoms with Crippen molar-refractivity contribution in [1.29, 1.82) is 0 Å². The monoisotopic (exact) mass is 200 g/mol. The molecule has 1 saturated heterocycles. The van der Waals surface area contributed by atoms with Gasteiger partial charge in [-0.15, -0.1) is 0 Å². The maximum absolute atomic E-state index is 11.1. The number of amides is 1. The fourth-order valence-electron chi connectivity index (χ4n) is 1.65. The summed E-state index contributed by atoms with van der Waals surface area (Å²) in [6.45, 7) is 4.68. The number of carbonyl (C=O) groups is 1. The Labute approximate surface area is 85.4 Å². The van der Waals surface area contributed by atoms with Crippen LogP contribution in [-0.2, 0) is 9.53 Å². The Balaban J connectivity index is 2.05. The Kier molecular flexibility index (Phi) is 4.90. The van der Waals surface area contributed by atoms with Crippen molar-refractivity contribution in [2.75, 3.05) is 26.7 Å². The van der Waals surface area contributed by atoms with Crippen molar-refractivity contribution in [2.45, 2.75) is 25.9 Å². The van der Waals surface area contributed by atoms with Crippen LogP contribution in [0.25, 0.3) is 0 Å². The Morgan fingerprint density at radius 2 is 2.50 bits per heavy atom. The van der Waals surface area contributed by atoms with Gasteiger partial charge >= 0.3 is 0 Å². The fraction of sp³-hybridized carbons (Fsp3) is 0.900. The van der Waals surface area contributed by atoms with Gasteiger partial charge in [0.2, 0.25) is 5.91 Å². The molecule has 1 aliphatic rings. The molecule has 1 aliphatic heterocycles. The molecular weight excluding hydrogens is 180 g/mol. The highest BCUT2D eigenvalue weighted by Crippen LogP contribution is 2.12. The zero-order valence-electron chi connectivity index (χ0n) is 9.01. The third kappa shape index (κ3) is 3.64. The van der Waals surface area contributed by atoms with Crippen molar-refractivity contribution in [2.24, 2.45) is 5.92 Å². The van der Waals surface area contributed by atoms with Crippen LogP contribution in [0.5, 0.6) is 0 Å². The van der Waals surface area contributed by atoms with Crippen LogP contribution in [-0.4, -0.2) is 38.8 Å². The molecule has 2 N–H and O–H groups in total. The molecule has 0 saturated carbocycles. The van der Waals surface area contributed by atoms with Crippen LogP contribution < -0.4 is 10.6 Å². The van der Waals surface area contributed by atoms with Crippen molar-refractivity contribution in [1.82, 2.24) is 10.6 Å². The molecule has 1 amide bonds. The Morgan fingerprint density at radius 3 is 3.07 bits per heavy atom. The summed E-state index contributed by atoms with van der Waals surface area (Å²) in [7, 11) is 1.63.